The first-order chi connectivity index (χ1) is 22.1. The number of azide groups is 1. The molecule has 5 rings (SSSR count). The molecular weight excluding hydrogens is 566 g/mol. The Morgan fingerprint density at radius 2 is 1.82 bits per heavy atom. The van der Waals surface area contributed by atoms with E-state index >= 15 is 0 Å². The number of aliphatic hydroxyl groups excluding tert-OH is 1. The van der Waals surface area contributed by atoms with Gasteiger partial charge in [0.05, 0.1) is 13.2 Å². The Morgan fingerprint density at radius 3 is 2.58 bits per heavy atom. The second-order valence-electron chi connectivity index (χ2n) is 11.6. The van der Waals surface area contributed by atoms with Crippen LogP contribution in [0.1, 0.15) is 73.3 Å². The van der Waals surface area contributed by atoms with Crippen molar-refractivity contribution >= 4 is 17.9 Å². The van der Waals surface area contributed by atoms with Gasteiger partial charge in [-0.3, -0.25) is 4.79 Å². The van der Waals surface area contributed by atoms with E-state index in [1.54, 1.807) is 0 Å². The van der Waals surface area contributed by atoms with Gasteiger partial charge < -0.3 is 19.9 Å². The zero-order chi connectivity index (χ0) is 31.3. The fraction of sp³-hybridized carbons (Fsp3) is 0.389. The number of ether oxygens (including phenoxy) is 2. The van der Waals surface area contributed by atoms with E-state index in [2.05, 4.69) is 15.3 Å². The zero-order valence-electron chi connectivity index (χ0n) is 25.6. The number of hydrogen-bond acceptors (Lipinski definition) is 6. The molecule has 0 spiro atoms. The topological polar surface area (TPSA) is 129 Å². The van der Waals surface area contributed by atoms with E-state index in [4.69, 9.17) is 25.1 Å². The standard InChI is InChI=1S/C36H41N5O4/c37-41-39-26-30-16-7-8-17-32(30)33-36(22-9-15-27-11-3-1-4-12-27,35(43)38-25-28-13-5-2-6-14-28)40-34(45-33)29-18-20-31(21-19-29)44-24-10-23-42/h1,3-4,7-9,11-12,15-21,28,33,42H,2,5-6,10,13-14,22-26H2,(H,38,43)/b15-9+/t33-,36-/m1/s1. The molecule has 1 amide bonds. The lowest BCUT2D eigenvalue weighted by molar-refractivity contribution is -0.129. The number of nitrogens with one attached hydrogen (secondary N) is 1. The number of amides is 1. The highest BCUT2D eigenvalue weighted by Crippen LogP contribution is 2.44. The van der Waals surface area contributed by atoms with Crippen LogP contribution in [0.4, 0.5) is 0 Å². The van der Waals surface area contributed by atoms with Crippen molar-refractivity contribution < 1.29 is 19.4 Å². The molecule has 0 saturated heterocycles. The van der Waals surface area contributed by atoms with Crippen molar-refractivity contribution in [3.05, 3.63) is 118 Å². The molecule has 1 fully saturated rings. The highest BCUT2D eigenvalue weighted by atomic mass is 16.5. The molecule has 1 saturated carbocycles. The van der Waals surface area contributed by atoms with Gasteiger partial charge in [0.2, 0.25) is 5.90 Å². The van der Waals surface area contributed by atoms with Gasteiger partial charge in [-0.2, -0.15) is 0 Å². The van der Waals surface area contributed by atoms with Crippen LogP contribution in [0.15, 0.2) is 95.0 Å². The van der Waals surface area contributed by atoms with E-state index in [1.807, 2.05) is 91.0 Å². The molecule has 2 N–H and O–H groups in total. The lowest BCUT2D eigenvalue weighted by Crippen LogP contribution is -2.49. The SMILES string of the molecule is [N-]=[N+]=NCc1ccccc1[C@H]1OC(c2ccc(OCCCO)cc2)=N[C@@]1(C/C=C/c1ccccc1)C(=O)NCC1CCCCC1. The molecule has 3 aromatic carbocycles. The van der Waals surface area contributed by atoms with Crippen LogP contribution in [0.25, 0.3) is 16.5 Å². The van der Waals surface area contributed by atoms with Crippen molar-refractivity contribution in [2.24, 2.45) is 16.0 Å². The second kappa shape index (κ2) is 15.9. The maximum atomic E-state index is 14.5. The van der Waals surface area contributed by atoms with Crippen molar-refractivity contribution in [1.82, 2.24) is 5.32 Å². The minimum absolute atomic E-state index is 0.0644. The summed E-state index contributed by atoms with van der Waals surface area (Å²) in [6.45, 7) is 1.20. The van der Waals surface area contributed by atoms with Gasteiger partial charge in [0.15, 0.2) is 11.6 Å². The monoisotopic (exact) mass is 607 g/mol. The first-order valence-corrected chi connectivity index (χ1v) is 15.8. The number of nitrogens with zero attached hydrogens (tertiary/aromatic N) is 4. The minimum atomic E-state index is -1.31. The van der Waals surface area contributed by atoms with Crippen LogP contribution in [-0.4, -0.2) is 42.2 Å². The van der Waals surface area contributed by atoms with Crippen molar-refractivity contribution in [3.8, 4) is 5.75 Å². The number of rotatable bonds is 14. The summed E-state index contributed by atoms with van der Waals surface area (Å²) < 4.78 is 12.4. The first-order valence-electron chi connectivity index (χ1n) is 15.8. The molecule has 3 aromatic rings. The molecule has 1 aliphatic heterocycles. The first kappa shape index (κ1) is 31.8. The summed E-state index contributed by atoms with van der Waals surface area (Å²) in [5, 5.41) is 16.2. The normalized spacial score (nSPS) is 19.8. The Balaban J connectivity index is 1.54. The average molecular weight is 608 g/mol. The number of aliphatic imine (C=N–C) groups is 1. The van der Waals surface area contributed by atoms with Crippen molar-refractivity contribution in [1.29, 1.82) is 0 Å². The Bertz CT molecular complexity index is 1510. The van der Waals surface area contributed by atoms with Gasteiger partial charge in [-0.05, 0) is 65.2 Å². The number of benzene rings is 3. The number of aliphatic hydroxyl groups is 1. The third-order valence-corrected chi connectivity index (χ3v) is 8.49. The van der Waals surface area contributed by atoms with Crippen molar-refractivity contribution in [3.63, 3.8) is 0 Å². The van der Waals surface area contributed by atoms with Gasteiger partial charge >= 0.3 is 0 Å². The van der Waals surface area contributed by atoms with Crippen LogP contribution in [0.3, 0.4) is 0 Å². The number of carbonyl (C=O) groups excluding carboxylic acids is 1. The molecule has 9 nitrogen and oxygen atoms in total. The minimum Gasteiger partial charge on any atom is -0.494 e. The van der Waals surface area contributed by atoms with Gasteiger partial charge in [-0.15, -0.1) is 0 Å². The summed E-state index contributed by atoms with van der Waals surface area (Å²) in [7, 11) is 0. The van der Waals surface area contributed by atoms with Crippen LogP contribution < -0.4 is 10.1 Å². The summed E-state index contributed by atoms with van der Waals surface area (Å²) >= 11 is 0. The molecule has 0 unspecified atom stereocenters. The van der Waals surface area contributed by atoms with E-state index in [0.29, 0.717) is 43.6 Å². The largest absolute Gasteiger partial charge is 0.494 e. The second-order valence-corrected chi connectivity index (χ2v) is 11.6. The van der Waals surface area contributed by atoms with E-state index in [0.717, 1.165) is 35.1 Å². The third kappa shape index (κ3) is 8.12. The molecule has 234 valence electrons. The molecule has 0 bridgehead atoms. The predicted octanol–water partition coefficient (Wildman–Crippen LogP) is 7.32. The molecule has 2 atom stereocenters. The highest BCUT2D eigenvalue weighted by molar-refractivity contribution is 6.01. The fourth-order valence-corrected chi connectivity index (χ4v) is 6.05. The predicted molar refractivity (Wildman–Crippen MR) is 176 cm³/mol. The molecular formula is C36H41N5O4. The maximum Gasteiger partial charge on any atom is 0.252 e. The van der Waals surface area contributed by atoms with Crippen LogP contribution in [0.5, 0.6) is 5.75 Å². The van der Waals surface area contributed by atoms with Crippen LogP contribution >= 0.6 is 0 Å². The van der Waals surface area contributed by atoms with E-state index in [-0.39, 0.29) is 19.1 Å². The number of carbonyl (C=O) groups is 1. The summed E-state index contributed by atoms with van der Waals surface area (Å²) in [6, 6.07) is 25.0. The summed E-state index contributed by atoms with van der Waals surface area (Å²) in [4.78, 5) is 22.6. The highest BCUT2D eigenvalue weighted by Gasteiger charge is 2.53. The molecule has 9 heteroatoms. The molecule has 1 heterocycles. The van der Waals surface area contributed by atoms with E-state index in [9.17, 15) is 4.79 Å². The van der Waals surface area contributed by atoms with E-state index in [1.165, 1.54) is 19.3 Å². The third-order valence-electron chi connectivity index (χ3n) is 8.49. The zero-order valence-corrected chi connectivity index (χ0v) is 25.6. The molecule has 1 aliphatic carbocycles. The average Bonchev–Trinajstić information content (AvgIpc) is 3.48. The Morgan fingerprint density at radius 1 is 1.07 bits per heavy atom. The van der Waals surface area contributed by atoms with Gasteiger partial charge in [0, 0.05) is 36.5 Å². The van der Waals surface area contributed by atoms with Crippen molar-refractivity contribution in [2.75, 3.05) is 19.8 Å². The number of hydrogen-bond donors (Lipinski definition) is 2. The molecule has 0 aromatic heterocycles. The van der Waals surface area contributed by atoms with Gasteiger partial charge in [0.25, 0.3) is 5.91 Å². The Hall–Kier alpha value is -4.59. The van der Waals surface area contributed by atoms with Crippen LogP contribution in [0.2, 0.25) is 0 Å². The quantitative estimate of drug-likeness (QED) is 0.0861. The van der Waals surface area contributed by atoms with E-state index < -0.39 is 11.6 Å². The lowest BCUT2D eigenvalue weighted by Gasteiger charge is -2.32. The van der Waals surface area contributed by atoms with Gasteiger partial charge in [-0.1, -0.05) is 91.1 Å². The Kier molecular flexibility index (Phi) is 11.3. The summed E-state index contributed by atoms with van der Waals surface area (Å²) in [5.74, 6) is 1.29. The van der Waals surface area contributed by atoms with Crippen LogP contribution in [0, 0.1) is 5.92 Å². The smallest absolute Gasteiger partial charge is 0.252 e. The lowest BCUT2D eigenvalue weighted by atomic mass is 9.82. The van der Waals surface area contributed by atoms with Gasteiger partial charge in [0.1, 0.15) is 5.75 Å². The maximum absolute atomic E-state index is 14.5. The summed E-state index contributed by atoms with van der Waals surface area (Å²) in [6.07, 6.45) is 9.92. The van der Waals surface area contributed by atoms with Crippen LogP contribution in [-0.2, 0) is 16.1 Å². The molecule has 2 aliphatic rings. The van der Waals surface area contributed by atoms with Gasteiger partial charge in [-0.25, -0.2) is 4.99 Å². The van der Waals surface area contributed by atoms with Crippen molar-refractivity contribution in [2.45, 2.75) is 63.1 Å². The molecule has 0 radical (unpaired) electrons. The molecule has 45 heavy (non-hydrogen) atoms. The Labute approximate surface area is 264 Å². The fourth-order valence-electron chi connectivity index (χ4n) is 6.05. The summed E-state index contributed by atoms with van der Waals surface area (Å²) in [5.41, 5.74) is 11.1.